The molecule has 0 amide bonds. The van der Waals surface area contributed by atoms with E-state index in [1.807, 2.05) is 13.1 Å². The van der Waals surface area contributed by atoms with Crippen LogP contribution < -0.4 is 0 Å². The van der Waals surface area contributed by atoms with Crippen molar-refractivity contribution in [2.24, 2.45) is 0 Å². The molecule has 1 saturated heterocycles. The highest BCUT2D eigenvalue weighted by atomic mass is 32.1. The Kier molecular flexibility index (Phi) is 4.16. The van der Waals surface area contributed by atoms with Crippen LogP contribution in [-0.2, 0) is 6.54 Å². The second kappa shape index (κ2) is 6.45. The van der Waals surface area contributed by atoms with E-state index < -0.39 is 0 Å². The summed E-state index contributed by atoms with van der Waals surface area (Å²) in [7, 11) is 0. The fourth-order valence-electron chi connectivity index (χ4n) is 3.26. The normalized spacial score (nSPS) is 18.3. The zero-order valence-electron chi connectivity index (χ0n) is 13.9. The van der Waals surface area contributed by atoms with Crippen LogP contribution in [-0.4, -0.2) is 26.6 Å². The van der Waals surface area contributed by atoms with Crippen LogP contribution in [0.25, 0.3) is 10.6 Å². The Hall–Kier alpha value is -2.05. The van der Waals surface area contributed by atoms with Crippen molar-refractivity contribution in [1.29, 1.82) is 0 Å². The van der Waals surface area contributed by atoms with Crippen LogP contribution in [0.3, 0.4) is 0 Å². The van der Waals surface area contributed by atoms with Gasteiger partial charge in [-0.3, -0.25) is 4.90 Å². The molecule has 0 aliphatic carbocycles. The summed E-state index contributed by atoms with van der Waals surface area (Å²) < 4.78 is 5.39. The second-order valence-corrected chi connectivity index (χ2v) is 7.37. The third kappa shape index (κ3) is 2.99. The Balaban J connectivity index is 1.52. The first kappa shape index (κ1) is 15.5. The zero-order valence-corrected chi connectivity index (χ0v) is 14.7. The first-order chi connectivity index (χ1) is 11.7. The van der Waals surface area contributed by atoms with Gasteiger partial charge in [-0.2, -0.15) is 4.98 Å². The van der Waals surface area contributed by atoms with Crippen molar-refractivity contribution in [3.63, 3.8) is 0 Å². The van der Waals surface area contributed by atoms with Crippen molar-refractivity contribution in [1.82, 2.24) is 20.0 Å². The summed E-state index contributed by atoms with van der Waals surface area (Å²) >= 11 is 1.77. The van der Waals surface area contributed by atoms with Gasteiger partial charge in [0, 0.05) is 23.2 Å². The molecule has 0 bridgehead atoms. The van der Waals surface area contributed by atoms with Gasteiger partial charge in [0.25, 0.3) is 0 Å². The maximum atomic E-state index is 5.39. The molecule has 5 nitrogen and oxygen atoms in total. The van der Waals surface area contributed by atoms with E-state index in [0.717, 1.165) is 36.8 Å². The van der Waals surface area contributed by atoms with E-state index in [1.54, 1.807) is 11.3 Å². The first-order valence-electron chi connectivity index (χ1n) is 8.25. The zero-order chi connectivity index (χ0) is 16.5. The van der Waals surface area contributed by atoms with Gasteiger partial charge in [-0.1, -0.05) is 29.4 Å². The molecule has 0 radical (unpaired) electrons. The molecule has 0 N–H and O–H groups in total. The predicted octanol–water partition coefficient (Wildman–Crippen LogP) is 4.15. The summed E-state index contributed by atoms with van der Waals surface area (Å²) in [6.07, 6.45) is 4.24. The monoisotopic (exact) mass is 340 g/mol. The number of rotatable bonds is 4. The maximum Gasteiger partial charge on any atom is 0.243 e. The molecular formula is C18H20N4OS. The van der Waals surface area contributed by atoms with Crippen LogP contribution in [0.4, 0.5) is 0 Å². The summed E-state index contributed by atoms with van der Waals surface area (Å²) in [4.78, 5) is 12.7. The molecule has 6 heteroatoms. The molecule has 1 unspecified atom stereocenters. The van der Waals surface area contributed by atoms with Crippen LogP contribution >= 0.6 is 11.3 Å². The number of likely N-dealkylation sites (tertiary alicyclic amines) is 1. The van der Waals surface area contributed by atoms with Crippen molar-refractivity contribution in [3.05, 3.63) is 52.6 Å². The van der Waals surface area contributed by atoms with Crippen molar-refractivity contribution in [3.8, 4) is 10.6 Å². The van der Waals surface area contributed by atoms with Crippen molar-refractivity contribution < 1.29 is 4.52 Å². The van der Waals surface area contributed by atoms with Gasteiger partial charge in [-0.05, 0) is 38.8 Å². The molecule has 4 rings (SSSR count). The molecule has 0 spiro atoms. The second-order valence-electron chi connectivity index (χ2n) is 6.25. The van der Waals surface area contributed by atoms with Gasteiger partial charge in [-0.15, -0.1) is 11.3 Å². The van der Waals surface area contributed by atoms with E-state index in [2.05, 4.69) is 51.2 Å². The lowest BCUT2D eigenvalue weighted by molar-refractivity contribution is 0.202. The minimum absolute atomic E-state index is 0.232. The van der Waals surface area contributed by atoms with Gasteiger partial charge < -0.3 is 4.52 Å². The minimum Gasteiger partial charge on any atom is -0.338 e. The number of thiazole rings is 1. The van der Waals surface area contributed by atoms with Gasteiger partial charge in [0.05, 0.1) is 6.04 Å². The van der Waals surface area contributed by atoms with E-state index in [0.29, 0.717) is 5.82 Å². The molecule has 124 valence electrons. The third-order valence-electron chi connectivity index (χ3n) is 4.48. The fraction of sp³-hybridized carbons (Fsp3) is 0.389. The minimum atomic E-state index is 0.232. The molecule has 1 aliphatic rings. The Morgan fingerprint density at radius 1 is 1.29 bits per heavy atom. The van der Waals surface area contributed by atoms with Gasteiger partial charge in [0.15, 0.2) is 5.82 Å². The van der Waals surface area contributed by atoms with Gasteiger partial charge in [-0.25, -0.2) is 4.98 Å². The third-order valence-corrected chi connectivity index (χ3v) is 5.50. The molecule has 1 aliphatic heterocycles. The Morgan fingerprint density at radius 3 is 2.96 bits per heavy atom. The summed E-state index contributed by atoms with van der Waals surface area (Å²) in [6, 6.07) is 8.63. The molecule has 3 aromatic rings. The topological polar surface area (TPSA) is 55.1 Å². The summed E-state index contributed by atoms with van der Waals surface area (Å²) in [5.41, 5.74) is 2.48. The van der Waals surface area contributed by atoms with Gasteiger partial charge >= 0.3 is 0 Å². The fourth-order valence-corrected chi connectivity index (χ4v) is 4.29. The molecule has 3 heterocycles. The molecule has 24 heavy (non-hydrogen) atoms. The lowest BCUT2D eigenvalue weighted by Gasteiger charge is -2.20. The Labute approximate surface area is 145 Å². The van der Waals surface area contributed by atoms with E-state index >= 15 is 0 Å². The standard InChI is InChI=1S/C18H20N4OS/c1-12-6-3-4-7-15(12)18-19-10-14(24-18)11-22-9-5-8-16(22)17-20-13(2)21-23-17/h3-4,6-7,10,16H,5,8-9,11H2,1-2H3. The highest BCUT2D eigenvalue weighted by Crippen LogP contribution is 2.34. The highest BCUT2D eigenvalue weighted by Gasteiger charge is 2.30. The van der Waals surface area contributed by atoms with E-state index in [-0.39, 0.29) is 6.04 Å². The van der Waals surface area contributed by atoms with Crippen LogP contribution in [0.15, 0.2) is 35.0 Å². The lowest BCUT2D eigenvalue weighted by Crippen LogP contribution is -2.22. The number of aromatic nitrogens is 3. The molecule has 2 aromatic heterocycles. The largest absolute Gasteiger partial charge is 0.338 e. The number of aryl methyl sites for hydroxylation is 2. The number of hydrogen-bond donors (Lipinski definition) is 0. The van der Waals surface area contributed by atoms with Crippen molar-refractivity contribution in [2.75, 3.05) is 6.54 Å². The van der Waals surface area contributed by atoms with Crippen LogP contribution in [0.2, 0.25) is 0 Å². The van der Waals surface area contributed by atoms with Gasteiger partial charge in [0.2, 0.25) is 5.89 Å². The summed E-state index contributed by atoms with van der Waals surface area (Å²) in [5.74, 6) is 1.45. The van der Waals surface area contributed by atoms with E-state index in [1.165, 1.54) is 16.0 Å². The average Bonchev–Trinajstić information content (AvgIpc) is 3.29. The maximum absolute atomic E-state index is 5.39. The lowest BCUT2D eigenvalue weighted by atomic mass is 10.1. The molecule has 1 aromatic carbocycles. The van der Waals surface area contributed by atoms with E-state index in [4.69, 9.17) is 4.52 Å². The van der Waals surface area contributed by atoms with Gasteiger partial charge in [0.1, 0.15) is 5.01 Å². The van der Waals surface area contributed by atoms with E-state index in [9.17, 15) is 0 Å². The SMILES string of the molecule is Cc1noc(C2CCCN2Cc2cnc(-c3ccccc3C)s2)n1. The summed E-state index contributed by atoms with van der Waals surface area (Å²) in [5, 5.41) is 5.02. The number of hydrogen-bond acceptors (Lipinski definition) is 6. The quantitative estimate of drug-likeness (QED) is 0.714. The van der Waals surface area contributed by atoms with Crippen molar-refractivity contribution in [2.45, 2.75) is 39.3 Å². The number of nitrogens with zero attached hydrogens (tertiary/aromatic N) is 4. The Bertz CT molecular complexity index is 841. The molecule has 1 fully saturated rings. The highest BCUT2D eigenvalue weighted by molar-refractivity contribution is 7.15. The first-order valence-corrected chi connectivity index (χ1v) is 9.07. The van der Waals surface area contributed by atoms with Crippen molar-refractivity contribution >= 4 is 11.3 Å². The molecule has 0 saturated carbocycles. The van der Waals surface area contributed by atoms with Crippen LogP contribution in [0, 0.1) is 13.8 Å². The van der Waals surface area contributed by atoms with Crippen LogP contribution in [0.5, 0.6) is 0 Å². The molecule has 1 atom stereocenters. The Morgan fingerprint density at radius 2 is 2.17 bits per heavy atom. The summed E-state index contributed by atoms with van der Waals surface area (Å²) in [6.45, 7) is 5.94. The molecular weight excluding hydrogens is 320 g/mol. The average molecular weight is 340 g/mol. The van der Waals surface area contributed by atoms with Crippen LogP contribution in [0.1, 0.15) is 41.0 Å². The number of benzene rings is 1. The predicted molar refractivity (Wildman–Crippen MR) is 93.7 cm³/mol. The smallest absolute Gasteiger partial charge is 0.243 e.